The number of nitrogens with zero attached hydrogens (tertiary/aromatic N) is 1. The zero-order valence-corrected chi connectivity index (χ0v) is 17.1. The zero-order valence-electron chi connectivity index (χ0n) is 17.1. The summed E-state index contributed by atoms with van der Waals surface area (Å²) in [6.07, 6.45) is -0.00566. The van der Waals surface area contributed by atoms with Crippen LogP contribution in [0.1, 0.15) is 52.2 Å². The first-order chi connectivity index (χ1) is 13.3. The van der Waals surface area contributed by atoms with Gasteiger partial charge >= 0.3 is 12.1 Å². The number of anilines is 1. The number of esters is 1. The molecule has 2 rings (SSSR count). The van der Waals surface area contributed by atoms with Crippen molar-refractivity contribution in [3.63, 3.8) is 0 Å². The maximum atomic E-state index is 14.4. The van der Waals surface area contributed by atoms with Gasteiger partial charge in [-0.15, -0.1) is 0 Å². The minimum atomic E-state index is -1.18. The molecule has 1 aromatic carbocycles. The first kappa shape index (κ1) is 22.3. The lowest BCUT2D eigenvalue weighted by Gasteiger charge is -2.28. The van der Waals surface area contributed by atoms with Gasteiger partial charge in [0.25, 0.3) is 0 Å². The number of hydrogen-bond acceptors (Lipinski definition) is 6. The summed E-state index contributed by atoms with van der Waals surface area (Å²) in [6.45, 7) is 7.26. The highest BCUT2D eigenvalue weighted by Gasteiger charge is 2.40. The molecule has 29 heavy (non-hydrogen) atoms. The number of ether oxygens (including phenoxy) is 2. The van der Waals surface area contributed by atoms with Gasteiger partial charge < -0.3 is 14.8 Å². The molecule has 1 atom stereocenters. The third-order valence-electron chi connectivity index (χ3n) is 4.34. The van der Waals surface area contributed by atoms with Crippen LogP contribution in [0, 0.1) is 5.82 Å². The number of benzene rings is 1. The number of halogens is 1. The second kappa shape index (κ2) is 8.18. The predicted octanol–water partition coefficient (Wildman–Crippen LogP) is 2.88. The quantitative estimate of drug-likeness (QED) is 0.594. The van der Waals surface area contributed by atoms with Gasteiger partial charge in [-0.25, -0.2) is 14.1 Å². The second-order valence-electron chi connectivity index (χ2n) is 8.09. The molecule has 1 aliphatic rings. The van der Waals surface area contributed by atoms with Crippen LogP contribution < -0.4 is 5.32 Å². The van der Waals surface area contributed by atoms with Crippen molar-refractivity contribution < 1.29 is 33.0 Å². The standard InChI is InChI=1S/C20H25FN2O6/c1-12(25)22-16-8-13-6-7-20(5,14(13)9-15(16)21)29-18(27)23(11-24)10-17(26)28-19(2,3)4/h8-9,11H,6-7,10H2,1-5H3,(H,22,25). The van der Waals surface area contributed by atoms with Crippen LogP contribution in [-0.4, -0.2) is 41.4 Å². The van der Waals surface area contributed by atoms with E-state index in [-0.39, 0.29) is 12.1 Å². The molecule has 0 fully saturated rings. The Morgan fingerprint density at radius 1 is 1.31 bits per heavy atom. The molecule has 1 unspecified atom stereocenters. The van der Waals surface area contributed by atoms with Gasteiger partial charge in [0.2, 0.25) is 12.3 Å². The molecule has 1 aliphatic carbocycles. The molecule has 0 heterocycles. The highest BCUT2D eigenvalue weighted by molar-refractivity contribution is 5.89. The molecular weight excluding hydrogens is 383 g/mol. The molecule has 0 radical (unpaired) electrons. The van der Waals surface area contributed by atoms with Crippen molar-refractivity contribution in [2.24, 2.45) is 0 Å². The van der Waals surface area contributed by atoms with Crippen LogP contribution in [0.3, 0.4) is 0 Å². The summed E-state index contributed by atoms with van der Waals surface area (Å²) in [5, 5.41) is 2.41. The van der Waals surface area contributed by atoms with Crippen LogP contribution in [0.4, 0.5) is 14.9 Å². The topological polar surface area (TPSA) is 102 Å². The second-order valence-corrected chi connectivity index (χ2v) is 8.09. The van der Waals surface area contributed by atoms with E-state index < -0.39 is 41.5 Å². The van der Waals surface area contributed by atoms with Crippen molar-refractivity contribution in [1.82, 2.24) is 4.90 Å². The van der Waals surface area contributed by atoms with Crippen LogP contribution >= 0.6 is 0 Å². The molecule has 3 amide bonds. The maximum Gasteiger partial charge on any atom is 0.417 e. The Labute approximate surface area is 168 Å². The SMILES string of the molecule is CC(=O)Nc1cc2c(cc1F)C(C)(OC(=O)N(C=O)CC(=O)OC(C)(C)C)CC2. The number of amides is 3. The molecule has 8 nitrogen and oxygen atoms in total. The summed E-state index contributed by atoms with van der Waals surface area (Å²) in [5.74, 6) is -1.83. The molecule has 0 bridgehead atoms. The van der Waals surface area contributed by atoms with E-state index in [1.54, 1.807) is 27.7 Å². The third kappa shape index (κ3) is 5.52. The van der Waals surface area contributed by atoms with Crippen LogP contribution in [0.25, 0.3) is 0 Å². The summed E-state index contributed by atoms with van der Waals surface area (Å²) in [4.78, 5) is 47.4. The minimum Gasteiger partial charge on any atom is -0.459 e. The summed E-state index contributed by atoms with van der Waals surface area (Å²) >= 11 is 0. The van der Waals surface area contributed by atoms with E-state index in [2.05, 4.69) is 5.32 Å². The Bertz CT molecular complexity index is 848. The number of aryl methyl sites for hydroxylation is 1. The van der Waals surface area contributed by atoms with Gasteiger partial charge in [-0.3, -0.25) is 14.4 Å². The number of rotatable bonds is 5. The largest absolute Gasteiger partial charge is 0.459 e. The van der Waals surface area contributed by atoms with Gasteiger partial charge in [-0.2, -0.15) is 0 Å². The van der Waals surface area contributed by atoms with Crippen molar-refractivity contribution in [1.29, 1.82) is 0 Å². The Morgan fingerprint density at radius 2 is 1.97 bits per heavy atom. The summed E-state index contributed by atoms with van der Waals surface area (Å²) in [7, 11) is 0. The molecule has 1 aromatic rings. The van der Waals surface area contributed by atoms with E-state index in [9.17, 15) is 23.6 Å². The van der Waals surface area contributed by atoms with Crippen molar-refractivity contribution in [3.05, 3.63) is 29.1 Å². The van der Waals surface area contributed by atoms with Crippen LogP contribution in [0.15, 0.2) is 12.1 Å². The van der Waals surface area contributed by atoms with Crippen molar-refractivity contribution in [2.75, 3.05) is 11.9 Å². The van der Waals surface area contributed by atoms with E-state index in [4.69, 9.17) is 9.47 Å². The van der Waals surface area contributed by atoms with E-state index in [0.717, 1.165) is 5.56 Å². The van der Waals surface area contributed by atoms with Gasteiger partial charge in [-0.1, -0.05) is 0 Å². The fourth-order valence-electron chi connectivity index (χ4n) is 3.13. The van der Waals surface area contributed by atoms with Gasteiger partial charge in [0, 0.05) is 12.5 Å². The number of hydrogen-bond donors (Lipinski definition) is 1. The Hall–Kier alpha value is -2.97. The predicted molar refractivity (Wildman–Crippen MR) is 101 cm³/mol. The fourth-order valence-corrected chi connectivity index (χ4v) is 3.13. The summed E-state index contributed by atoms with van der Waals surface area (Å²) in [6, 6.07) is 2.71. The molecule has 0 aromatic heterocycles. The number of carbonyl (C=O) groups excluding carboxylic acids is 4. The summed E-state index contributed by atoms with van der Waals surface area (Å²) < 4.78 is 24.9. The molecule has 1 N–H and O–H groups in total. The van der Waals surface area contributed by atoms with Crippen molar-refractivity contribution in [3.8, 4) is 0 Å². The first-order valence-corrected chi connectivity index (χ1v) is 9.12. The van der Waals surface area contributed by atoms with E-state index in [0.29, 0.717) is 23.3 Å². The van der Waals surface area contributed by atoms with Crippen molar-refractivity contribution in [2.45, 2.75) is 58.7 Å². The monoisotopic (exact) mass is 408 g/mol. The molecule has 0 aliphatic heterocycles. The smallest absolute Gasteiger partial charge is 0.417 e. The fraction of sp³-hybridized carbons (Fsp3) is 0.500. The van der Waals surface area contributed by atoms with E-state index in [1.807, 2.05) is 0 Å². The molecule has 158 valence electrons. The number of imide groups is 1. The Balaban J connectivity index is 2.17. The van der Waals surface area contributed by atoms with Crippen LogP contribution in [0.5, 0.6) is 0 Å². The Kier molecular flexibility index (Phi) is 6.30. The normalized spacial score (nSPS) is 17.9. The Morgan fingerprint density at radius 3 is 2.52 bits per heavy atom. The average molecular weight is 408 g/mol. The van der Waals surface area contributed by atoms with E-state index in [1.165, 1.54) is 19.1 Å². The molecule has 0 saturated carbocycles. The minimum absolute atomic E-state index is 0.0475. The molecule has 0 saturated heterocycles. The maximum absolute atomic E-state index is 14.4. The number of nitrogens with one attached hydrogen (secondary N) is 1. The van der Waals surface area contributed by atoms with Gasteiger partial charge in [0.15, 0.2) is 0 Å². The number of carbonyl (C=O) groups is 4. The van der Waals surface area contributed by atoms with Crippen molar-refractivity contribution >= 4 is 30.1 Å². The van der Waals surface area contributed by atoms with Gasteiger partial charge in [0.05, 0.1) is 5.69 Å². The zero-order chi connectivity index (χ0) is 22.0. The lowest BCUT2D eigenvalue weighted by atomic mass is 9.97. The van der Waals surface area contributed by atoms with Gasteiger partial charge in [-0.05, 0) is 58.2 Å². The average Bonchev–Trinajstić information content (AvgIpc) is 2.87. The van der Waals surface area contributed by atoms with E-state index >= 15 is 0 Å². The van der Waals surface area contributed by atoms with Gasteiger partial charge in [0.1, 0.15) is 23.6 Å². The highest BCUT2D eigenvalue weighted by atomic mass is 19.1. The number of fused-ring (bicyclic) bond motifs is 1. The highest BCUT2D eigenvalue weighted by Crippen LogP contribution is 2.42. The lowest BCUT2D eigenvalue weighted by Crippen LogP contribution is -2.41. The molecule has 9 heteroatoms. The van der Waals surface area contributed by atoms with Crippen LogP contribution in [0.2, 0.25) is 0 Å². The summed E-state index contributed by atoms with van der Waals surface area (Å²) in [5.41, 5.74) is -0.742. The first-order valence-electron chi connectivity index (χ1n) is 9.12. The molecule has 0 spiro atoms. The lowest BCUT2D eigenvalue weighted by molar-refractivity contribution is -0.157. The van der Waals surface area contributed by atoms with Crippen LogP contribution in [-0.2, 0) is 35.9 Å². The molecular formula is C20H25FN2O6. The third-order valence-corrected chi connectivity index (χ3v) is 4.34.